The third-order valence-electron chi connectivity index (χ3n) is 5.82. The number of hydrogen-bond acceptors (Lipinski definition) is 6. The van der Waals surface area contributed by atoms with Gasteiger partial charge in [-0.05, 0) is 32.8 Å². The second-order valence-corrected chi connectivity index (χ2v) is 10.2. The smallest absolute Gasteiger partial charge is 0.274 e. The second kappa shape index (κ2) is 8.14. The summed E-state index contributed by atoms with van der Waals surface area (Å²) >= 11 is 2.92. The first-order chi connectivity index (χ1) is 15.4. The monoisotopic (exact) mass is 465 g/mol. The van der Waals surface area contributed by atoms with E-state index in [0.29, 0.717) is 23.7 Å². The maximum atomic E-state index is 13.3. The molecule has 1 fully saturated rings. The number of nitrogens with one attached hydrogen (secondary N) is 1. The number of benzene rings is 1. The molecule has 1 saturated heterocycles. The van der Waals surface area contributed by atoms with Gasteiger partial charge in [-0.1, -0.05) is 41.2 Å². The van der Waals surface area contributed by atoms with Crippen LogP contribution in [-0.2, 0) is 0 Å². The molecular weight excluding hydrogens is 442 g/mol. The number of nitrogens with zero attached hydrogens (tertiary/aromatic N) is 4. The number of carbonyl (C=O) groups is 2. The van der Waals surface area contributed by atoms with Crippen LogP contribution >= 0.6 is 22.7 Å². The Morgan fingerprint density at radius 3 is 2.78 bits per heavy atom. The summed E-state index contributed by atoms with van der Waals surface area (Å²) in [5, 5.41) is 3.88. The number of carbonyl (C=O) groups excluding carboxylic acids is 2. The minimum Gasteiger partial charge on any atom is -0.349 e. The van der Waals surface area contributed by atoms with E-state index in [0.717, 1.165) is 38.1 Å². The summed E-state index contributed by atoms with van der Waals surface area (Å²) in [5.74, 6) is -0.190. The van der Waals surface area contributed by atoms with Gasteiger partial charge in [-0.3, -0.25) is 14.0 Å². The van der Waals surface area contributed by atoms with Gasteiger partial charge in [0.05, 0.1) is 15.9 Å². The first-order valence-electron chi connectivity index (χ1n) is 10.5. The minimum absolute atomic E-state index is 0.0248. The van der Waals surface area contributed by atoms with Gasteiger partial charge >= 0.3 is 0 Å². The van der Waals surface area contributed by atoms with Crippen LogP contribution < -0.4 is 5.32 Å². The molecule has 5 rings (SSSR count). The molecule has 0 bridgehead atoms. The summed E-state index contributed by atoms with van der Waals surface area (Å²) < 4.78 is 1.91. The maximum Gasteiger partial charge on any atom is 0.274 e. The molecule has 0 spiro atoms. The molecule has 7 nitrogen and oxygen atoms in total. The third-order valence-corrected chi connectivity index (χ3v) is 8.01. The van der Waals surface area contributed by atoms with Crippen molar-refractivity contribution in [2.24, 2.45) is 0 Å². The summed E-state index contributed by atoms with van der Waals surface area (Å²) in [7, 11) is 0. The molecule has 0 aliphatic carbocycles. The molecule has 1 atom stereocenters. The molecule has 4 heterocycles. The number of imidazole rings is 1. The van der Waals surface area contributed by atoms with Crippen molar-refractivity contribution < 1.29 is 9.59 Å². The van der Waals surface area contributed by atoms with Gasteiger partial charge < -0.3 is 10.2 Å². The first-order valence-corrected chi connectivity index (χ1v) is 12.1. The van der Waals surface area contributed by atoms with Crippen LogP contribution in [0.15, 0.2) is 36.7 Å². The molecule has 2 amide bonds. The van der Waals surface area contributed by atoms with Crippen molar-refractivity contribution in [1.29, 1.82) is 0 Å². The topological polar surface area (TPSA) is 79.6 Å². The number of rotatable bonds is 5. The highest BCUT2D eigenvalue weighted by Crippen LogP contribution is 2.33. The van der Waals surface area contributed by atoms with Crippen LogP contribution in [0.25, 0.3) is 15.4 Å². The number of thiazole rings is 2. The number of hydrogen-bond donors (Lipinski definition) is 1. The van der Waals surface area contributed by atoms with E-state index in [1.807, 2.05) is 54.5 Å². The highest BCUT2D eigenvalue weighted by Gasteiger charge is 2.35. The van der Waals surface area contributed by atoms with Crippen molar-refractivity contribution in [2.45, 2.75) is 33.2 Å². The lowest BCUT2D eigenvalue weighted by Gasteiger charge is -2.40. The average molecular weight is 466 g/mol. The first kappa shape index (κ1) is 20.8. The number of aryl methyl sites for hydroxylation is 3. The van der Waals surface area contributed by atoms with Gasteiger partial charge in [-0.25, -0.2) is 9.97 Å². The van der Waals surface area contributed by atoms with Crippen LogP contribution in [0, 0.1) is 20.8 Å². The van der Waals surface area contributed by atoms with Crippen LogP contribution in [0.4, 0.5) is 0 Å². The highest BCUT2D eigenvalue weighted by atomic mass is 32.1. The van der Waals surface area contributed by atoms with E-state index in [2.05, 4.69) is 21.4 Å². The van der Waals surface area contributed by atoms with Gasteiger partial charge in [-0.15, -0.1) is 11.3 Å². The van der Waals surface area contributed by atoms with Gasteiger partial charge in [0.25, 0.3) is 11.8 Å². The zero-order valence-electron chi connectivity index (χ0n) is 18.1. The summed E-state index contributed by atoms with van der Waals surface area (Å²) in [6.07, 6.45) is 4.44. The molecule has 0 radical (unpaired) electrons. The minimum atomic E-state index is -0.123. The Labute approximate surface area is 193 Å². The Hall–Kier alpha value is -3.04. The van der Waals surface area contributed by atoms with Crippen molar-refractivity contribution in [1.82, 2.24) is 24.6 Å². The number of aromatic nitrogens is 3. The molecule has 9 heteroatoms. The molecule has 0 unspecified atom stereocenters. The Bertz CT molecular complexity index is 1340. The standard InChI is InChI=1S/C23H23N5O2S2/c1-13-5-4-6-16(11-13)20-18(26-15(3)31-20)22(30)28-9-7-17(28)12-25-21(29)19-14(2)27-10-8-24-23(27)32-19/h4-6,8,10-11,17H,7,9,12H2,1-3H3,(H,25,29)/t17-/m1/s1. The zero-order chi connectivity index (χ0) is 22.4. The van der Waals surface area contributed by atoms with E-state index < -0.39 is 0 Å². The molecule has 1 aliphatic heterocycles. The number of likely N-dealkylation sites (tertiary alicyclic amines) is 1. The van der Waals surface area contributed by atoms with Crippen LogP contribution in [0.1, 0.15) is 42.8 Å². The largest absolute Gasteiger partial charge is 0.349 e. The van der Waals surface area contributed by atoms with Gasteiger partial charge in [-0.2, -0.15) is 0 Å². The van der Waals surface area contributed by atoms with Crippen LogP contribution in [0.3, 0.4) is 0 Å². The van der Waals surface area contributed by atoms with Crippen LogP contribution in [-0.4, -0.2) is 50.2 Å². The van der Waals surface area contributed by atoms with Gasteiger partial charge in [0.1, 0.15) is 10.6 Å². The summed E-state index contributed by atoms with van der Waals surface area (Å²) in [6.45, 7) is 6.98. The van der Waals surface area contributed by atoms with E-state index >= 15 is 0 Å². The Balaban J connectivity index is 1.29. The molecule has 164 valence electrons. The lowest BCUT2D eigenvalue weighted by atomic mass is 10.0. The molecule has 4 aromatic rings. The maximum absolute atomic E-state index is 13.3. The van der Waals surface area contributed by atoms with Crippen molar-refractivity contribution in [3.63, 3.8) is 0 Å². The summed E-state index contributed by atoms with van der Waals surface area (Å²) in [5.41, 5.74) is 3.54. The van der Waals surface area contributed by atoms with E-state index in [1.165, 1.54) is 11.3 Å². The van der Waals surface area contributed by atoms with Crippen LogP contribution in [0.2, 0.25) is 0 Å². The van der Waals surface area contributed by atoms with Crippen molar-refractivity contribution in [3.8, 4) is 10.4 Å². The lowest BCUT2D eigenvalue weighted by Crippen LogP contribution is -2.56. The fraction of sp³-hybridized carbons (Fsp3) is 0.304. The Morgan fingerprint density at radius 2 is 2.06 bits per heavy atom. The molecule has 3 aromatic heterocycles. The molecule has 0 saturated carbocycles. The SMILES string of the molecule is Cc1cccc(-c2sc(C)nc2C(=O)N2CC[C@@H]2CNC(=O)c2sc3nccn3c2C)c1. The summed E-state index contributed by atoms with van der Waals surface area (Å²) in [6, 6.07) is 8.12. The molecule has 1 aliphatic rings. The predicted octanol–water partition coefficient (Wildman–Crippen LogP) is 4.09. The van der Waals surface area contributed by atoms with E-state index in [-0.39, 0.29) is 17.9 Å². The Kier molecular flexibility index (Phi) is 5.30. The summed E-state index contributed by atoms with van der Waals surface area (Å²) in [4.78, 5) is 39.1. The van der Waals surface area contributed by atoms with Crippen LogP contribution in [0.5, 0.6) is 0 Å². The van der Waals surface area contributed by atoms with Gasteiger partial charge in [0.15, 0.2) is 4.96 Å². The van der Waals surface area contributed by atoms with Gasteiger partial charge in [0.2, 0.25) is 0 Å². The average Bonchev–Trinajstić information content (AvgIpc) is 3.43. The molecule has 1 aromatic carbocycles. The third kappa shape index (κ3) is 3.61. The molecular formula is C23H23N5O2S2. The number of amides is 2. The lowest BCUT2D eigenvalue weighted by molar-refractivity contribution is 0.0451. The normalized spacial score (nSPS) is 15.7. The number of fused-ring (bicyclic) bond motifs is 1. The molecule has 32 heavy (non-hydrogen) atoms. The van der Waals surface area contributed by atoms with E-state index in [4.69, 9.17) is 0 Å². The zero-order valence-corrected chi connectivity index (χ0v) is 19.7. The molecule has 1 N–H and O–H groups in total. The van der Waals surface area contributed by atoms with E-state index in [9.17, 15) is 9.59 Å². The highest BCUT2D eigenvalue weighted by molar-refractivity contribution is 7.19. The van der Waals surface area contributed by atoms with Gasteiger partial charge in [0, 0.05) is 31.2 Å². The Morgan fingerprint density at radius 1 is 1.22 bits per heavy atom. The quantitative estimate of drug-likeness (QED) is 0.482. The second-order valence-electron chi connectivity index (χ2n) is 8.03. The fourth-order valence-corrected chi connectivity index (χ4v) is 5.92. The van der Waals surface area contributed by atoms with E-state index in [1.54, 1.807) is 17.5 Å². The van der Waals surface area contributed by atoms with Crippen molar-refractivity contribution >= 4 is 39.4 Å². The predicted molar refractivity (Wildman–Crippen MR) is 127 cm³/mol. The van der Waals surface area contributed by atoms with Crippen molar-refractivity contribution in [2.75, 3.05) is 13.1 Å². The van der Waals surface area contributed by atoms with Crippen molar-refractivity contribution in [3.05, 3.63) is 63.5 Å². The fourth-order valence-electron chi connectivity index (χ4n) is 4.01.